The zero-order valence-electron chi connectivity index (χ0n) is 16.0. The van der Waals surface area contributed by atoms with Gasteiger partial charge in [-0.05, 0) is 47.6 Å². The summed E-state index contributed by atoms with van der Waals surface area (Å²) in [6.45, 7) is 4.29. The number of nitrogens with zero attached hydrogens (tertiary/aromatic N) is 1. The molecule has 0 saturated carbocycles. The number of carbonyl (C=O) groups is 1. The summed E-state index contributed by atoms with van der Waals surface area (Å²) in [6.07, 6.45) is 6.88. The van der Waals surface area contributed by atoms with Gasteiger partial charge in [-0.2, -0.15) is 0 Å². The average Bonchev–Trinajstić information content (AvgIpc) is 3.26. The van der Waals surface area contributed by atoms with Gasteiger partial charge in [0.1, 0.15) is 0 Å². The number of hydrogen-bond acceptors (Lipinski definition) is 3. The molecule has 5 heteroatoms. The van der Waals surface area contributed by atoms with E-state index >= 15 is 0 Å². The molecular formula is C23H22N4O. The first kappa shape index (κ1) is 16.8. The van der Waals surface area contributed by atoms with Crippen LogP contribution in [-0.4, -0.2) is 20.7 Å². The number of anilines is 2. The van der Waals surface area contributed by atoms with Crippen LogP contribution >= 0.6 is 0 Å². The van der Waals surface area contributed by atoms with E-state index in [1.165, 1.54) is 0 Å². The van der Waals surface area contributed by atoms with E-state index in [2.05, 4.69) is 46.2 Å². The molecule has 0 radical (unpaired) electrons. The van der Waals surface area contributed by atoms with E-state index in [1.54, 1.807) is 12.4 Å². The number of pyridine rings is 1. The van der Waals surface area contributed by atoms with Crippen LogP contribution in [0.3, 0.4) is 0 Å². The van der Waals surface area contributed by atoms with E-state index in [9.17, 15) is 4.79 Å². The van der Waals surface area contributed by atoms with E-state index in [0.29, 0.717) is 6.42 Å². The Kier molecular flexibility index (Phi) is 3.66. The Morgan fingerprint density at radius 1 is 1.07 bits per heavy atom. The van der Waals surface area contributed by atoms with Crippen LogP contribution in [0.1, 0.15) is 36.3 Å². The van der Waals surface area contributed by atoms with Crippen LogP contribution in [-0.2, 0) is 6.42 Å². The van der Waals surface area contributed by atoms with Gasteiger partial charge in [0.2, 0.25) is 0 Å². The molecule has 5 nitrogen and oxygen atoms in total. The van der Waals surface area contributed by atoms with Gasteiger partial charge in [-0.25, -0.2) is 0 Å². The third-order valence-electron chi connectivity index (χ3n) is 5.44. The van der Waals surface area contributed by atoms with Crippen molar-refractivity contribution >= 4 is 28.1 Å². The first-order valence-corrected chi connectivity index (χ1v) is 9.53. The second-order valence-corrected chi connectivity index (χ2v) is 8.31. The molecule has 28 heavy (non-hydrogen) atoms. The molecular weight excluding hydrogens is 348 g/mol. The molecule has 0 spiro atoms. The Balaban J connectivity index is 1.66. The SMILES string of the molecule is CC1(C)CC(=O)c2c([nH]c(-c3ccncc3)c2Nc2ccc3cc[nH]c3c2)C1. The van der Waals surface area contributed by atoms with E-state index < -0.39 is 0 Å². The Bertz CT molecular complexity index is 1180. The van der Waals surface area contributed by atoms with Gasteiger partial charge in [-0.15, -0.1) is 0 Å². The summed E-state index contributed by atoms with van der Waals surface area (Å²) in [5.74, 6) is 0.186. The highest BCUT2D eigenvalue weighted by molar-refractivity contribution is 6.08. The average molecular weight is 370 g/mol. The predicted octanol–water partition coefficient (Wildman–Crippen LogP) is 5.46. The van der Waals surface area contributed by atoms with Gasteiger partial charge in [0.15, 0.2) is 5.78 Å². The van der Waals surface area contributed by atoms with Crippen molar-refractivity contribution in [2.24, 2.45) is 5.41 Å². The highest BCUT2D eigenvalue weighted by atomic mass is 16.1. The van der Waals surface area contributed by atoms with Gasteiger partial charge < -0.3 is 15.3 Å². The van der Waals surface area contributed by atoms with Gasteiger partial charge in [0, 0.05) is 47.5 Å². The fraction of sp³-hybridized carbons (Fsp3) is 0.217. The van der Waals surface area contributed by atoms with E-state index in [4.69, 9.17) is 0 Å². The number of Topliss-reactive ketones (excluding diaryl/α,β-unsaturated/α-hetero) is 1. The van der Waals surface area contributed by atoms with Gasteiger partial charge in [0.25, 0.3) is 0 Å². The number of nitrogens with one attached hydrogen (secondary N) is 3. The number of H-pyrrole nitrogens is 2. The van der Waals surface area contributed by atoms with E-state index in [0.717, 1.165) is 51.2 Å². The third kappa shape index (κ3) is 2.80. The Labute approximate surface area is 163 Å². The second kappa shape index (κ2) is 6.09. The van der Waals surface area contributed by atoms with Crippen LogP contribution in [0.15, 0.2) is 55.0 Å². The van der Waals surface area contributed by atoms with Gasteiger partial charge >= 0.3 is 0 Å². The molecule has 5 rings (SSSR count). The van der Waals surface area contributed by atoms with Crippen molar-refractivity contribution in [1.29, 1.82) is 0 Å². The lowest BCUT2D eigenvalue weighted by Crippen LogP contribution is -2.26. The van der Waals surface area contributed by atoms with Crippen molar-refractivity contribution in [3.05, 3.63) is 66.2 Å². The molecule has 4 aromatic rings. The van der Waals surface area contributed by atoms with Crippen molar-refractivity contribution in [2.75, 3.05) is 5.32 Å². The molecule has 1 aromatic carbocycles. The number of fused-ring (bicyclic) bond motifs is 2. The zero-order valence-corrected chi connectivity index (χ0v) is 16.0. The first-order chi connectivity index (χ1) is 13.5. The summed E-state index contributed by atoms with van der Waals surface area (Å²) in [5.41, 5.74) is 6.58. The maximum atomic E-state index is 13.0. The quantitative estimate of drug-likeness (QED) is 0.448. The van der Waals surface area contributed by atoms with E-state index in [1.807, 2.05) is 30.5 Å². The Hall–Kier alpha value is -3.34. The molecule has 0 aliphatic heterocycles. The van der Waals surface area contributed by atoms with Gasteiger partial charge in [-0.3, -0.25) is 9.78 Å². The molecule has 0 unspecified atom stereocenters. The van der Waals surface area contributed by atoms with Crippen LogP contribution in [0.4, 0.5) is 11.4 Å². The molecule has 140 valence electrons. The maximum absolute atomic E-state index is 13.0. The lowest BCUT2D eigenvalue weighted by atomic mass is 9.76. The zero-order chi connectivity index (χ0) is 19.3. The number of rotatable bonds is 3. The molecule has 0 fully saturated rings. The number of benzene rings is 1. The highest BCUT2D eigenvalue weighted by Gasteiger charge is 2.35. The Morgan fingerprint density at radius 3 is 2.71 bits per heavy atom. The molecule has 0 amide bonds. The Morgan fingerprint density at radius 2 is 1.89 bits per heavy atom. The normalized spacial score (nSPS) is 15.6. The van der Waals surface area contributed by atoms with Crippen LogP contribution in [0, 0.1) is 5.41 Å². The van der Waals surface area contributed by atoms with Crippen molar-refractivity contribution < 1.29 is 4.79 Å². The second-order valence-electron chi connectivity index (χ2n) is 8.31. The fourth-order valence-electron chi connectivity index (χ4n) is 4.19. The smallest absolute Gasteiger partial charge is 0.167 e. The molecule has 0 bridgehead atoms. The summed E-state index contributed by atoms with van der Waals surface area (Å²) >= 11 is 0. The van der Waals surface area contributed by atoms with Crippen LogP contribution in [0.5, 0.6) is 0 Å². The third-order valence-corrected chi connectivity index (χ3v) is 5.44. The number of ketones is 1. The molecule has 3 aromatic heterocycles. The minimum Gasteiger partial charge on any atom is -0.361 e. The van der Waals surface area contributed by atoms with Crippen LogP contribution < -0.4 is 5.32 Å². The molecule has 3 N–H and O–H groups in total. The lowest BCUT2D eigenvalue weighted by Gasteiger charge is -2.28. The monoisotopic (exact) mass is 370 g/mol. The first-order valence-electron chi connectivity index (χ1n) is 9.53. The molecule has 1 aliphatic rings. The number of hydrogen-bond donors (Lipinski definition) is 3. The molecule has 0 atom stereocenters. The van der Waals surface area contributed by atoms with E-state index in [-0.39, 0.29) is 11.2 Å². The lowest BCUT2D eigenvalue weighted by molar-refractivity contribution is 0.0912. The molecule has 3 heterocycles. The minimum absolute atomic E-state index is 0.0368. The minimum atomic E-state index is -0.0368. The molecule has 0 saturated heterocycles. The van der Waals surface area contributed by atoms with Crippen LogP contribution in [0.25, 0.3) is 22.2 Å². The number of carbonyl (C=O) groups excluding carboxylic acids is 1. The van der Waals surface area contributed by atoms with Crippen molar-refractivity contribution in [3.63, 3.8) is 0 Å². The van der Waals surface area contributed by atoms with Gasteiger partial charge in [-0.1, -0.05) is 19.9 Å². The summed E-state index contributed by atoms with van der Waals surface area (Å²) in [7, 11) is 0. The largest absolute Gasteiger partial charge is 0.361 e. The number of aromatic nitrogens is 3. The van der Waals surface area contributed by atoms with Crippen molar-refractivity contribution in [2.45, 2.75) is 26.7 Å². The summed E-state index contributed by atoms with van der Waals surface area (Å²) in [4.78, 5) is 24.0. The summed E-state index contributed by atoms with van der Waals surface area (Å²) in [5, 5.41) is 4.69. The molecule has 1 aliphatic carbocycles. The van der Waals surface area contributed by atoms with Crippen molar-refractivity contribution in [1.82, 2.24) is 15.0 Å². The summed E-state index contributed by atoms with van der Waals surface area (Å²) in [6, 6.07) is 12.2. The summed E-state index contributed by atoms with van der Waals surface area (Å²) < 4.78 is 0. The predicted molar refractivity (Wildman–Crippen MR) is 112 cm³/mol. The standard InChI is InChI=1S/C23H22N4O/c1-23(2)12-18-20(19(28)13-23)22(21(27-18)15-5-8-24-9-6-15)26-16-4-3-14-7-10-25-17(14)11-16/h3-11,25-27H,12-13H2,1-2H3. The van der Waals surface area contributed by atoms with Crippen LogP contribution in [0.2, 0.25) is 0 Å². The topological polar surface area (TPSA) is 73.6 Å². The van der Waals surface area contributed by atoms with Crippen molar-refractivity contribution in [3.8, 4) is 11.3 Å². The number of aromatic amines is 2. The highest BCUT2D eigenvalue weighted by Crippen LogP contribution is 2.43. The van der Waals surface area contributed by atoms with Gasteiger partial charge in [0.05, 0.1) is 16.9 Å². The maximum Gasteiger partial charge on any atom is 0.167 e. The fourth-order valence-corrected chi connectivity index (χ4v) is 4.19.